The van der Waals surface area contributed by atoms with Gasteiger partial charge in [0.1, 0.15) is 12.3 Å². The van der Waals surface area contributed by atoms with Gasteiger partial charge in [-0.2, -0.15) is 0 Å². The average molecular weight is 389 g/mol. The molecule has 2 heterocycles. The molecule has 1 fully saturated rings. The smallest absolute Gasteiger partial charge is 0.337 e. The molecule has 0 spiro atoms. The maximum absolute atomic E-state index is 12.2. The van der Waals surface area contributed by atoms with E-state index in [0.29, 0.717) is 31.0 Å². The number of quaternary nitrogens is 1. The maximum Gasteiger partial charge on any atom is 0.337 e. The first-order valence-electron chi connectivity index (χ1n) is 9.86. The summed E-state index contributed by atoms with van der Waals surface area (Å²) in [4.78, 5) is 27.6. The zero-order valence-corrected chi connectivity index (χ0v) is 16.5. The van der Waals surface area contributed by atoms with Crippen LogP contribution in [-0.4, -0.2) is 64.5 Å². The molecule has 28 heavy (non-hydrogen) atoms. The summed E-state index contributed by atoms with van der Waals surface area (Å²) in [6.07, 6.45) is 0. The van der Waals surface area contributed by atoms with E-state index >= 15 is 0 Å². The number of hydrogen-bond acceptors (Lipinski definition) is 5. The van der Waals surface area contributed by atoms with Gasteiger partial charge in [0.05, 0.1) is 62.9 Å². The van der Waals surface area contributed by atoms with Gasteiger partial charge in [-0.25, -0.2) is 9.59 Å². The molecule has 1 saturated heterocycles. The normalized spacial score (nSPS) is 17.8. The molecule has 152 valence electrons. The first kappa shape index (κ1) is 20.0. The van der Waals surface area contributed by atoms with Crippen LogP contribution in [0.3, 0.4) is 0 Å². The fourth-order valence-electron chi connectivity index (χ4n) is 3.58. The Hall–Kier alpha value is -2.74. The van der Waals surface area contributed by atoms with E-state index in [9.17, 15) is 9.59 Å². The third-order valence-corrected chi connectivity index (χ3v) is 4.98. The third-order valence-electron chi connectivity index (χ3n) is 4.98. The maximum atomic E-state index is 12.2. The Balaban J connectivity index is 1.64. The summed E-state index contributed by atoms with van der Waals surface area (Å²) in [6.45, 7) is 9.10. The predicted octanol–water partition coefficient (Wildman–Crippen LogP) is -0.0798. The molecule has 0 aliphatic carbocycles. The Morgan fingerprint density at radius 1 is 1.18 bits per heavy atom. The molecule has 2 aliphatic rings. The standard InChI is InChI=1S/C20H28N4O4/c1-3-27-18-8-6-5-7-17(18)24-11-9-23(10-12-24)14-16-15(19(25)28-4-2)13-21-20(26)22-16/h5-8H,3-4,9-14H2,1-2H3,(H2,21,22,26)/p+1. The second-order valence-electron chi connectivity index (χ2n) is 6.80. The minimum absolute atomic E-state index is 0.209. The van der Waals surface area contributed by atoms with Crippen LogP contribution >= 0.6 is 0 Å². The lowest BCUT2D eigenvalue weighted by atomic mass is 10.1. The molecule has 0 saturated carbocycles. The number of esters is 1. The third kappa shape index (κ3) is 4.75. The molecule has 0 radical (unpaired) electrons. The second-order valence-corrected chi connectivity index (χ2v) is 6.80. The summed E-state index contributed by atoms with van der Waals surface area (Å²) in [7, 11) is 0. The zero-order valence-electron chi connectivity index (χ0n) is 16.5. The molecular formula is C20H29N4O4+. The SMILES string of the molecule is CCOC(=O)C1=C(C[NH+]2CCN(c3ccccc3OCC)CC2)NC(=O)NC1. The highest BCUT2D eigenvalue weighted by Crippen LogP contribution is 2.27. The van der Waals surface area contributed by atoms with E-state index in [4.69, 9.17) is 9.47 Å². The van der Waals surface area contributed by atoms with E-state index in [1.807, 2.05) is 25.1 Å². The number of nitrogens with zero attached hydrogens (tertiary/aromatic N) is 1. The van der Waals surface area contributed by atoms with Crippen LogP contribution in [0, 0.1) is 0 Å². The van der Waals surface area contributed by atoms with Crippen molar-refractivity contribution in [3.05, 3.63) is 35.5 Å². The number of carbonyl (C=O) groups is 2. The number of amides is 2. The van der Waals surface area contributed by atoms with Crippen molar-refractivity contribution in [2.75, 3.05) is 57.4 Å². The molecule has 1 aromatic carbocycles. The van der Waals surface area contributed by atoms with Crippen molar-refractivity contribution in [2.45, 2.75) is 13.8 Å². The predicted molar refractivity (Wildman–Crippen MR) is 106 cm³/mol. The van der Waals surface area contributed by atoms with Crippen molar-refractivity contribution >= 4 is 17.7 Å². The Labute approximate surface area is 165 Å². The summed E-state index contributed by atoms with van der Waals surface area (Å²) < 4.78 is 10.9. The van der Waals surface area contributed by atoms with E-state index in [-0.39, 0.29) is 18.5 Å². The lowest BCUT2D eigenvalue weighted by Crippen LogP contribution is -3.15. The minimum atomic E-state index is -0.367. The van der Waals surface area contributed by atoms with E-state index < -0.39 is 0 Å². The number of carbonyl (C=O) groups excluding carboxylic acids is 2. The van der Waals surface area contributed by atoms with Gasteiger partial charge in [0, 0.05) is 0 Å². The van der Waals surface area contributed by atoms with Gasteiger partial charge < -0.3 is 29.9 Å². The number of nitrogens with one attached hydrogen (secondary N) is 3. The Morgan fingerprint density at radius 2 is 1.93 bits per heavy atom. The van der Waals surface area contributed by atoms with Crippen molar-refractivity contribution in [1.82, 2.24) is 10.6 Å². The van der Waals surface area contributed by atoms with E-state index in [1.165, 1.54) is 4.90 Å². The Morgan fingerprint density at radius 3 is 2.64 bits per heavy atom. The van der Waals surface area contributed by atoms with Gasteiger partial charge in [-0.15, -0.1) is 0 Å². The monoisotopic (exact) mass is 389 g/mol. The van der Waals surface area contributed by atoms with E-state index in [2.05, 4.69) is 21.6 Å². The van der Waals surface area contributed by atoms with Crippen molar-refractivity contribution in [3.63, 3.8) is 0 Å². The van der Waals surface area contributed by atoms with Gasteiger partial charge in [-0.1, -0.05) is 12.1 Å². The molecule has 0 bridgehead atoms. The van der Waals surface area contributed by atoms with Gasteiger partial charge in [0.15, 0.2) is 0 Å². The van der Waals surface area contributed by atoms with Crippen LogP contribution in [0.2, 0.25) is 0 Å². The summed E-state index contributed by atoms with van der Waals surface area (Å²) in [5.74, 6) is 0.542. The zero-order chi connectivity index (χ0) is 19.9. The molecule has 2 amide bonds. The largest absolute Gasteiger partial charge is 0.492 e. The van der Waals surface area contributed by atoms with E-state index in [0.717, 1.165) is 37.6 Å². The fourth-order valence-corrected chi connectivity index (χ4v) is 3.58. The number of piperazine rings is 1. The number of urea groups is 1. The molecule has 2 aliphatic heterocycles. The molecule has 3 N–H and O–H groups in total. The number of ether oxygens (including phenoxy) is 2. The average Bonchev–Trinajstić information content (AvgIpc) is 2.70. The van der Waals surface area contributed by atoms with Crippen molar-refractivity contribution < 1.29 is 24.0 Å². The highest BCUT2D eigenvalue weighted by Gasteiger charge is 2.29. The van der Waals surface area contributed by atoms with Crippen LogP contribution in [0.25, 0.3) is 0 Å². The summed E-state index contributed by atoms with van der Waals surface area (Å²) >= 11 is 0. The van der Waals surface area contributed by atoms with Crippen LogP contribution in [0.5, 0.6) is 5.75 Å². The highest BCUT2D eigenvalue weighted by molar-refractivity contribution is 5.93. The molecule has 8 heteroatoms. The molecule has 0 aromatic heterocycles. The van der Waals surface area contributed by atoms with Crippen molar-refractivity contribution in [2.24, 2.45) is 0 Å². The Kier molecular flexibility index (Phi) is 6.76. The summed E-state index contributed by atoms with van der Waals surface area (Å²) in [5, 5.41) is 5.44. The number of rotatable bonds is 7. The van der Waals surface area contributed by atoms with Crippen LogP contribution in [-0.2, 0) is 9.53 Å². The van der Waals surface area contributed by atoms with Crippen molar-refractivity contribution in [1.29, 1.82) is 0 Å². The van der Waals surface area contributed by atoms with Gasteiger partial charge in [-0.05, 0) is 26.0 Å². The lowest BCUT2D eigenvalue weighted by molar-refractivity contribution is -0.896. The quantitative estimate of drug-likeness (QED) is 0.568. The van der Waals surface area contributed by atoms with Crippen LogP contribution in [0.15, 0.2) is 35.5 Å². The number of hydrogen-bond donors (Lipinski definition) is 3. The summed E-state index contributed by atoms with van der Waals surface area (Å²) in [5.41, 5.74) is 2.29. The molecule has 8 nitrogen and oxygen atoms in total. The first-order valence-corrected chi connectivity index (χ1v) is 9.86. The van der Waals surface area contributed by atoms with Crippen molar-refractivity contribution in [3.8, 4) is 5.75 Å². The van der Waals surface area contributed by atoms with Gasteiger partial charge >= 0.3 is 12.0 Å². The van der Waals surface area contributed by atoms with Crippen LogP contribution < -0.4 is 25.2 Å². The molecular weight excluding hydrogens is 360 g/mol. The Bertz CT molecular complexity index is 741. The summed E-state index contributed by atoms with van der Waals surface area (Å²) in [6, 6.07) is 7.83. The number of para-hydroxylation sites is 2. The molecule has 0 atom stereocenters. The molecule has 3 rings (SSSR count). The molecule has 0 unspecified atom stereocenters. The highest BCUT2D eigenvalue weighted by atomic mass is 16.5. The first-order chi connectivity index (χ1) is 13.6. The lowest BCUT2D eigenvalue weighted by Gasteiger charge is -2.35. The van der Waals surface area contributed by atoms with Gasteiger partial charge in [-0.3, -0.25) is 0 Å². The van der Waals surface area contributed by atoms with E-state index in [1.54, 1.807) is 6.92 Å². The fraction of sp³-hybridized carbons (Fsp3) is 0.500. The second kappa shape index (κ2) is 9.45. The molecule has 1 aromatic rings. The number of benzene rings is 1. The minimum Gasteiger partial charge on any atom is -0.492 e. The van der Waals surface area contributed by atoms with Crippen LogP contribution in [0.4, 0.5) is 10.5 Å². The number of anilines is 1. The van der Waals surface area contributed by atoms with Crippen LogP contribution in [0.1, 0.15) is 13.8 Å². The topological polar surface area (TPSA) is 84.3 Å². The van der Waals surface area contributed by atoms with Gasteiger partial charge in [0.2, 0.25) is 0 Å². The van der Waals surface area contributed by atoms with Gasteiger partial charge in [0.25, 0.3) is 0 Å².